The molecule has 0 aliphatic heterocycles. The highest BCUT2D eigenvalue weighted by atomic mass is 32.1. The first kappa shape index (κ1) is 14.4. The summed E-state index contributed by atoms with van der Waals surface area (Å²) in [6, 6.07) is 17.5. The number of rotatable bonds is 3. The highest BCUT2D eigenvalue weighted by Crippen LogP contribution is 2.37. The van der Waals surface area contributed by atoms with Gasteiger partial charge in [-0.15, -0.1) is 10.2 Å². The molecule has 0 atom stereocenters. The van der Waals surface area contributed by atoms with Gasteiger partial charge in [-0.1, -0.05) is 60.7 Å². The van der Waals surface area contributed by atoms with Crippen LogP contribution in [0.25, 0.3) is 10.9 Å². The number of aromatic hydroxyl groups is 1. The zero-order chi connectivity index (χ0) is 15.5. The van der Waals surface area contributed by atoms with Crippen LogP contribution in [0.4, 0.5) is 5.69 Å². The number of thiocarbonyl (C=S) groups is 1. The van der Waals surface area contributed by atoms with Crippen molar-refractivity contribution < 1.29 is 5.11 Å². The first-order chi connectivity index (χ1) is 10.7. The molecule has 0 radical (unpaired) electrons. The monoisotopic (exact) mass is 309 g/mol. The van der Waals surface area contributed by atoms with Gasteiger partial charge in [0, 0.05) is 18.9 Å². The van der Waals surface area contributed by atoms with Gasteiger partial charge in [0.2, 0.25) is 5.88 Å². The second-order valence-corrected chi connectivity index (χ2v) is 5.48. The SMILES string of the molecule is Cn1c(O)c(N=NC(=S)Cc2ccccc2)c2ccccc21. The third-order valence-corrected chi connectivity index (χ3v) is 3.74. The van der Waals surface area contributed by atoms with Crippen LogP contribution in [-0.2, 0) is 13.5 Å². The fourth-order valence-corrected chi connectivity index (χ4v) is 2.58. The van der Waals surface area contributed by atoms with E-state index in [2.05, 4.69) is 10.2 Å². The van der Waals surface area contributed by atoms with Crippen molar-refractivity contribution in [3.8, 4) is 5.88 Å². The van der Waals surface area contributed by atoms with Gasteiger partial charge < -0.3 is 9.67 Å². The maximum atomic E-state index is 10.2. The summed E-state index contributed by atoms with van der Waals surface area (Å²) >= 11 is 5.26. The Bertz CT molecular complexity index is 853. The van der Waals surface area contributed by atoms with E-state index in [0.29, 0.717) is 17.1 Å². The topological polar surface area (TPSA) is 49.9 Å². The van der Waals surface area contributed by atoms with Crippen molar-refractivity contribution in [3.63, 3.8) is 0 Å². The van der Waals surface area contributed by atoms with E-state index in [0.717, 1.165) is 16.5 Å². The van der Waals surface area contributed by atoms with Crippen LogP contribution in [-0.4, -0.2) is 14.7 Å². The van der Waals surface area contributed by atoms with Gasteiger partial charge in [0.15, 0.2) is 5.69 Å². The van der Waals surface area contributed by atoms with Crippen LogP contribution in [0.1, 0.15) is 5.56 Å². The van der Waals surface area contributed by atoms with Crippen molar-refractivity contribution in [2.75, 3.05) is 0 Å². The summed E-state index contributed by atoms with van der Waals surface area (Å²) in [6.45, 7) is 0. The standard InChI is InChI=1S/C17H15N3OS/c1-20-14-10-6-5-9-13(14)16(17(20)21)19-18-15(22)11-12-7-3-2-4-8-12/h2-10,21H,11H2,1H3. The van der Waals surface area contributed by atoms with E-state index in [1.54, 1.807) is 11.6 Å². The van der Waals surface area contributed by atoms with Crippen LogP contribution in [0.15, 0.2) is 64.8 Å². The zero-order valence-corrected chi connectivity index (χ0v) is 12.9. The Labute approximate surface area is 133 Å². The van der Waals surface area contributed by atoms with E-state index < -0.39 is 0 Å². The number of hydrogen-bond acceptors (Lipinski definition) is 3. The van der Waals surface area contributed by atoms with Crippen LogP contribution >= 0.6 is 12.2 Å². The molecular weight excluding hydrogens is 294 g/mol. The molecule has 0 fully saturated rings. The van der Waals surface area contributed by atoms with E-state index in [4.69, 9.17) is 12.2 Å². The lowest BCUT2D eigenvalue weighted by Crippen LogP contribution is -1.94. The Hall–Kier alpha value is -2.53. The van der Waals surface area contributed by atoms with Gasteiger partial charge in [0.25, 0.3) is 0 Å². The maximum absolute atomic E-state index is 10.2. The molecule has 110 valence electrons. The lowest BCUT2D eigenvalue weighted by atomic mass is 10.2. The summed E-state index contributed by atoms with van der Waals surface area (Å²) in [4.78, 5) is 0.485. The summed E-state index contributed by atoms with van der Waals surface area (Å²) in [7, 11) is 1.79. The fraction of sp³-hybridized carbons (Fsp3) is 0.118. The number of hydrogen-bond donors (Lipinski definition) is 1. The zero-order valence-electron chi connectivity index (χ0n) is 12.1. The molecule has 1 N–H and O–H groups in total. The predicted octanol–water partition coefficient (Wildman–Crippen LogP) is 4.54. The van der Waals surface area contributed by atoms with E-state index >= 15 is 0 Å². The quantitative estimate of drug-likeness (QED) is 0.570. The van der Waals surface area contributed by atoms with Gasteiger partial charge in [-0.2, -0.15) is 0 Å². The number of para-hydroxylation sites is 1. The highest BCUT2D eigenvalue weighted by Gasteiger charge is 2.13. The molecular formula is C17H15N3OS. The Balaban J connectivity index is 1.87. The molecule has 0 amide bonds. The number of azo groups is 1. The average Bonchev–Trinajstić information content (AvgIpc) is 2.78. The molecule has 0 saturated heterocycles. The van der Waals surface area contributed by atoms with E-state index in [1.807, 2.05) is 54.6 Å². The second kappa shape index (κ2) is 6.07. The first-order valence-electron chi connectivity index (χ1n) is 6.91. The molecule has 4 nitrogen and oxygen atoms in total. The molecule has 22 heavy (non-hydrogen) atoms. The number of nitrogens with zero attached hydrogens (tertiary/aromatic N) is 3. The smallest absolute Gasteiger partial charge is 0.220 e. The molecule has 0 bridgehead atoms. The van der Waals surface area contributed by atoms with Crippen LogP contribution in [0.3, 0.4) is 0 Å². The Morgan fingerprint density at radius 2 is 1.77 bits per heavy atom. The van der Waals surface area contributed by atoms with Crippen LogP contribution in [0.2, 0.25) is 0 Å². The molecule has 5 heteroatoms. The van der Waals surface area contributed by atoms with Gasteiger partial charge in [0.05, 0.1) is 5.52 Å². The van der Waals surface area contributed by atoms with Crippen molar-refractivity contribution in [1.82, 2.24) is 4.57 Å². The fourth-order valence-electron chi connectivity index (χ4n) is 2.37. The number of aryl methyl sites for hydroxylation is 1. The molecule has 0 saturated carbocycles. The van der Waals surface area contributed by atoms with Crippen molar-refractivity contribution in [2.45, 2.75) is 6.42 Å². The van der Waals surface area contributed by atoms with Crippen molar-refractivity contribution >= 4 is 33.8 Å². The molecule has 1 heterocycles. The normalized spacial score (nSPS) is 11.3. The Morgan fingerprint density at radius 3 is 2.55 bits per heavy atom. The molecule has 0 spiro atoms. The van der Waals surface area contributed by atoms with Gasteiger partial charge >= 0.3 is 0 Å². The minimum atomic E-state index is 0.0902. The minimum Gasteiger partial charge on any atom is -0.493 e. The summed E-state index contributed by atoms with van der Waals surface area (Å²) in [6.07, 6.45) is 0.561. The average molecular weight is 309 g/mol. The van der Waals surface area contributed by atoms with Crippen LogP contribution in [0, 0.1) is 0 Å². The van der Waals surface area contributed by atoms with Gasteiger partial charge in [-0.3, -0.25) is 0 Å². The van der Waals surface area contributed by atoms with Crippen molar-refractivity contribution in [3.05, 3.63) is 60.2 Å². The van der Waals surface area contributed by atoms with Crippen molar-refractivity contribution in [1.29, 1.82) is 0 Å². The lowest BCUT2D eigenvalue weighted by molar-refractivity contribution is 0.436. The molecule has 0 aliphatic rings. The summed E-state index contributed by atoms with van der Waals surface area (Å²) < 4.78 is 1.68. The molecule has 0 aliphatic carbocycles. The van der Waals surface area contributed by atoms with Crippen molar-refractivity contribution in [2.24, 2.45) is 17.3 Å². The largest absolute Gasteiger partial charge is 0.493 e. The summed E-state index contributed by atoms with van der Waals surface area (Å²) in [5, 5.41) is 19.3. The molecule has 3 aromatic rings. The molecule has 0 unspecified atom stereocenters. The van der Waals surface area contributed by atoms with Crippen LogP contribution in [0.5, 0.6) is 5.88 Å². The number of fused-ring (bicyclic) bond motifs is 1. The third-order valence-electron chi connectivity index (χ3n) is 3.51. The van der Waals surface area contributed by atoms with Gasteiger partial charge in [0.1, 0.15) is 4.99 Å². The third kappa shape index (κ3) is 2.76. The summed E-state index contributed by atoms with van der Waals surface area (Å²) in [5.41, 5.74) is 2.45. The molecule has 1 aromatic heterocycles. The van der Waals surface area contributed by atoms with E-state index in [1.165, 1.54) is 0 Å². The molecule has 2 aromatic carbocycles. The van der Waals surface area contributed by atoms with E-state index in [-0.39, 0.29) is 5.88 Å². The lowest BCUT2D eigenvalue weighted by Gasteiger charge is -1.98. The maximum Gasteiger partial charge on any atom is 0.220 e. The second-order valence-electron chi connectivity index (χ2n) is 5.00. The Morgan fingerprint density at radius 1 is 1.09 bits per heavy atom. The van der Waals surface area contributed by atoms with E-state index in [9.17, 15) is 5.11 Å². The number of benzene rings is 2. The Kier molecular flexibility index (Phi) is 3.98. The van der Waals surface area contributed by atoms with Crippen LogP contribution < -0.4 is 0 Å². The summed E-state index contributed by atoms with van der Waals surface area (Å²) in [5.74, 6) is 0.0902. The van der Waals surface area contributed by atoms with Gasteiger partial charge in [-0.25, -0.2) is 0 Å². The molecule has 3 rings (SSSR count). The first-order valence-corrected chi connectivity index (χ1v) is 7.32. The van der Waals surface area contributed by atoms with Gasteiger partial charge in [-0.05, 0) is 11.6 Å². The highest BCUT2D eigenvalue weighted by molar-refractivity contribution is 7.80. The number of aromatic nitrogens is 1. The predicted molar refractivity (Wildman–Crippen MR) is 91.8 cm³/mol. The minimum absolute atomic E-state index is 0.0902.